The lowest BCUT2D eigenvalue weighted by Crippen LogP contribution is -2.12. The molecule has 2 unspecified atom stereocenters. The molecule has 1 aliphatic rings. The van der Waals surface area contributed by atoms with Crippen LogP contribution in [0.4, 0.5) is 4.39 Å². The van der Waals surface area contributed by atoms with Crippen molar-refractivity contribution in [3.8, 4) is 0 Å². The number of ether oxygens (including phenoxy) is 1. The molecule has 0 aromatic heterocycles. The van der Waals surface area contributed by atoms with E-state index in [2.05, 4.69) is 5.32 Å². The minimum atomic E-state index is -0.127. The molecule has 1 saturated heterocycles. The van der Waals surface area contributed by atoms with Crippen molar-refractivity contribution in [1.29, 1.82) is 0 Å². The standard InChI is InChI=1S/C14H20FNOS/c1-10(16-2)11-5-6-14(13(15)8-11)18-9-12-4-3-7-17-12/h5-6,8,10,12,16H,3-4,7,9H2,1-2H3. The first-order chi connectivity index (χ1) is 8.70. The van der Waals surface area contributed by atoms with E-state index < -0.39 is 0 Å². The molecule has 100 valence electrons. The fourth-order valence-electron chi connectivity index (χ4n) is 2.03. The lowest BCUT2D eigenvalue weighted by Gasteiger charge is -2.13. The molecule has 2 atom stereocenters. The van der Waals surface area contributed by atoms with Gasteiger partial charge in [-0.25, -0.2) is 4.39 Å². The summed E-state index contributed by atoms with van der Waals surface area (Å²) in [4.78, 5) is 0.720. The summed E-state index contributed by atoms with van der Waals surface area (Å²) in [7, 11) is 1.88. The Balaban J connectivity index is 1.96. The first kappa shape index (κ1) is 13.8. The SMILES string of the molecule is CNC(C)c1ccc(SCC2CCCO2)c(F)c1. The Hall–Kier alpha value is -0.580. The maximum atomic E-state index is 13.9. The number of thioether (sulfide) groups is 1. The van der Waals surface area contributed by atoms with Gasteiger partial charge in [-0.05, 0) is 44.5 Å². The van der Waals surface area contributed by atoms with E-state index in [1.165, 1.54) is 0 Å². The van der Waals surface area contributed by atoms with Crippen LogP contribution in [-0.4, -0.2) is 25.5 Å². The van der Waals surface area contributed by atoms with E-state index in [-0.39, 0.29) is 11.9 Å². The molecule has 1 N–H and O–H groups in total. The molecule has 1 aliphatic heterocycles. The lowest BCUT2D eigenvalue weighted by atomic mass is 10.1. The van der Waals surface area contributed by atoms with Crippen molar-refractivity contribution >= 4 is 11.8 Å². The number of rotatable bonds is 5. The minimum absolute atomic E-state index is 0.127. The Morgan fingerprint density at radius 1 is 1.56 bits per heavy atom. The third kappa shape index (κ3) is 3.46. The molecule has 2 rings (SSSR count). The van der Waals surface area contributed by atoms with Gasteiger partial charge in [-0.1, -0.05) is 6.07 Å². The molecule has 0 spiro atoms. The Morgan fingerprint density at radius 2 is 2.39 bits per heavy atom. The van der Waals surface area contributed by atoms with Crippen LogP contribution in [0.25, 0.3) is 0 Å². The molecular formula is C14H20FNOS. The minimum Gasteiger partial charge on any atom is -0.377 e. The van der Waals surface area contributed by atoms with Crippen LogP contribution in [0.15, 0.2) is 23.1 Å². The number of benzene rings is 1. The summed E-state index contributed by atoms with van der Waals surface area (Å²) in [6.45, 7) is 2.88. The summed E-state index contributed by atoms with van der Waals surface area (Å²) < 4.78 is 19.5. The number of hydrogen-bond acceptors (Lipinski definition) is 3. The van der Waals surface area contributed by atoms with Crippen molar-refractivity contribution in [2.24, 2.45) is 0 Å². The van der Waals surface area contributed by atoms with Crippen molar-refractivity contribution in [2.45, 2.75) is 36.8 Å². The number of halogens is 1. The number of nitrogens with one attached hydrogen (secondary N) is 1. The lowest BCUT2D eigenvalue weighted by molar-refractivity contribution is 0.129. The molecule has 18 heavy (non-hydrogen) atoms. The third-order valence-corrected chi connectivity index (χ3v) is 4.52. The van der Waals surface area contributed by atoms with Crippen LogP contribution in [0.5, 0.6) is 0 Å². The number of hydrogen-bond donors (Lipinski definition) is 1. The van der Waals surface area contributed by atoms with Crippen LogP contribution in [0, 0.1) is 5.82 Å². The molecule has 0 radical (unpaired) electrons. The van der Waals surface area contributed by atoms with E-state index in [0.717, 1.165) is 35.7 Å². The monoisotopic (exact) mass is 269 g/mol. The first-order valence-electron chi connectivity index (χ1n) is 6.42. The van der Waals surface area contributed by atoms with Gasteiger partial charge >= 0.3 is 0 Å². The zero-order chi connectivity index (χ0) is 13.0. The average molecular weight is 269 g/mol. The highest BCUT2D eigenvalue weighted by Gasteiger charge is 2.16. The maximum absolute atomic E-state index is 13.9. The van der Waals surface area contributed by atoms with E-state index in [0.29, 0.717) is 6.10 Å². The zero-order valence-corrected chi connectivity index (χ0v) is 11.7. The van der Waals surface area contributed by atoms with E-state index in [1.807, 2.05) is 26.1 Å². The zero-order valence-electron chi connectivity index (χ0n) is 10.9. The van der Waals surface area contributed by atoms with E-state index in [9.17, 15) is 4.39 Å². The van der Waals surface area contributed by atoms with E-state index in [4.69, 9.17) is 4.74 Å². The Bertz CT molecular complexity index is 393. The second kappa shape index (κ2) is 6.55. The van der Waals surface area contributed by atoms with Crippen molar-refractivity contribution in [1.82, 2.24) is 5.32 Å². The van der Waals surface area contributed by atoms with Crippen LogP contribution in [0.1, 0.15) is 31.4 Å². The summed E-state index contributed by atoms with van der Waals surface area (Å²) >= 11 is 1.55. The van der Waals surface area contributed by atoms with Crippen LogP contribution in [-0.2, 0) is 4.74 Å². The topological polar surface area (TPSA) is 21.3 Å². The van der Waals surface area contributed by atoms with Crippen molar-refractivity contribution in [3.05, 3.63) is 29.6 Å². The smallest absolute Gasteiger partial charge is 0.137 e. The molecule has 1 aromatic carbocycles. The van der Waals surface area contributed by atoms with Gasteiger partial charge < -0.3 is 10.1 Å². The molecule has 0 aliphatic carbocycles. The Kier molecular flexibility index (Phi) is 5.03. The second-order valence-corrected chi connectivity index (χ2v) is 5.71. The average Bonchev–Trinajstić information content (AvgIpc) is 2.89. The third-order valence-electron chi connectivity index (χ3n) is 3.34. The van der Waals surface area contributed by atoms with Gasteiger partial charge in [0.2, 0.25) is 0 Å². The van der Waals surface area contributed by atoms with Gasteiger partial charge in [-0.3, -0.25) is 0 Å². The Labute approximate surface area is 112 Å². The molecule has 0 bridgehead atoms. The van der Waals surface area contributed by atoms with Crippen LogP contribution >= 0.6 is 11.8 Å². The van der Waals surface area contributed by atoms with Crippen LogP contribution in [0.3, 0.4) is 0 Å². The second-order valence-electron chi connectivity index (χ2n) is 4.65. The fourth-order valence-corrected chi connectivity index (χ4v) is 3.02. The predicted molar refractivity (Wildman–Crippen MR) is 73.6 cm³/mol. The summed E-state index contributed by atoms with van der Waals surface area (Å²) in [5.74, 6) is 0.718. The highest BCUT2D eigenvalue weighted by Crippen LogP contribution is 2.27. The van der Waals surface area contributed by atoms with Gasteiger partial charge in [-0.15, -0.1) is 11.8 Å². The summed E-state index contributed by atoms with van der Waals surface area (Å²) in [5, 5.41) is 3.11. The van der Waals surface area contributed by atoms with Crippen molar-refractivity contribution in [2.75, 3.05) is 19.4 Å². The van der Waals surface area contributed by atoms with Crippen molar-refractivity contribution in [3.63, 3.8) is 0 Å². The summed E-state index contributed by atoms with van der Waals surface area (Å²) in [5.41, 5.74) is 0.983. The maximum Gasteiger partial charge on any atom is 0.137 e. The first-order valence-corrected chi connectivity index (χ1v) is 7.40. The van der Waals surface area contributed by atoms with E-state index >= 15 is 0 Å². The highest BCUT2D eigenvalue weighted by molar-refractivity contribution is 7.99. The summed E-state index contributed by atoms with van der Waals surface area (Å²) in [6, 6.07) is 5.66. The summed E-state index contributed by atoms with van der Waals surface area (Å²) in [6.07, 6.45) is 2.53. The molecule has 1 fully saturated rings. The molecule has 1 aromatic rings. The largest absolute Gasteiger partial charge is 0.377 e. The van der Waals surface area contributed by atoms with Gasteiger partial charge in [0.25, 0.3) is 0 Å². The quantitative estimate of drug-likeness (QED) is 0.828. The van der Waals surface area contributed by atoms with Crippen molar-refractivity contribution < 1.29 is 9.13 Å². The molecular weight excluding hydrogens is 249 g/mol. The fraction of sp³-hybridized carbons (Fsp3) is 0.571. The van der Waals surface area contributed by atoms with Gasteiger partial charge in [0.05, 0.1) is 6.10 Å². The van der Waals surface area contributed by atoms with E-state index in [1.54, 1.807) is 17.8 Å². The predicted octanol–water partition coefficient (Wildman–Crippen LogP) is 3.38. The molecule has 0 amide bonds. The van der Waals surface area contributed by atoms with Gasteiger partial charge in [0.1, 0.15) is 5.82 Å². The van der Waals surface area contributed by atoms with Crippen LogP contribution < -0.4 is 5.32 Å². The van der Waals surface area contributed by atoms with Gasteiger partial charge in [0, 0.05) is 23.3 Å². The Morgan fingerprint density at radius 3 is 3.00 bits per heavy atom. The molecule has 4 heteroatoms. The molecule has 2 nitrogen and oxygen atoms in total. The normalized spacial score (nSPS) is 21.2. The van der Waals surface area contributed by atoms with Gasteiger partial charge in [-0.2, -0.15) is 0 Å². The van der Waals surface area contributed by atoms with Crippen LogP contribution in [0.2, 0.25) is 0 Å². The van der Waals surface area contributed by atoms with Gasteiger partial charge in [0.15, 0.2) is 0 Å². The molecule has 1 heterocycles. The molecule has 0 saturated carbocycles. The highest BCUT2D eigenvalue weighted by atomic mass is 32.2.